The molecular formula is C47H82NO8P. The van der Waals surface area contributed by atoms with Crippen LogP contribution in [0.15, 0.2) is 72.9 Å². The Bertz CT molecular complexity index is 1180. The molecule has 10 heteroatoms. The van der Waals surface area contributed by atoms with Gasteiger partial charge in [-0.2, -0.15) is 0 Å². The van der Waals surface area contributed by atoms with Gasteiger partial charge in [-0.3, -0.25) is 18.6 Å². The molecule has 0 spiro atoms. The van der Waals surface area contributed by atoms with Crippen LogP contribution in [-0.4, -0.2) is 68.3 Å². The number of carbonyl (C=O) groups is 2. The minimum absolute atomic E-state index is 0.00722. The van der Waals surface area contributed by atoms with Crippen molar-refractivity contribution in [3.8, 4) is 0 Å². The van der Waals surface area contributed by atoms with Crippen LogP contribution in [0, 0.1) is 0 Å². The molecule has 0 aromatic rings. The quantitative estimate of drug-likeness (QED) is 0.0279. The van der Waals surface area contributed by atoms with E-state index in [1.165, 1.54) is 64.2 Å². The van der Waals surface area contributed by atoms with Gasteiger partial charge in [0.2, 0.25) is 0 Å². The second-order valence-electron chi connectivity index (χ2n) is 14.8. The number of nitrogens with zero attached hydrogens (tertiary/aromatic N) is 1. The third-order valence-electron chi connectivity index (χ3n) is 9.00. The molecular weight excluding hydrogens is 737 g/mol. The van der Waals surface area contributed by atoms with Crippen molar-refractivity contribution in [2.75, 3.05) is 40.5 Å². The van der Waals surface area contributed by atoms with E-state index in [9.17, 15) is 19.0 Å². The lowest BCUT2D eigenvalue weighted by atomic mass is 10.1. The van der Waals surface area contributed by atoms with Crippen LogP contribution in [0.2, 0.25) is 0 Å². The summed E-state index contributed by atoms with van der Waals surface area (Å²) in [4.78, 5) is 37.0. The normalized spacial score (nSPS) is 14.1. The third kappa shape index (κ3) is 42.9. The minimum Gasteiger partial charge on any atom is -0.462 e. The Morgan fingerprint density at radius 3 is 1.56 bits per heavy atom. The average Bonchev–Trinajstić information content (AvgIpc) is 3.18. The molecule has 0 aliphatic rings. The van der Waals surface area contributed by atoms with Crippen LogP contribution in [0.1, 0.15) is 168 Å². The van der Waals surface area contributed by atoms with Gasteiger partial charge >= 0.3 is 19.8 Å². The van der Waals surface area contributed by atoms with Gasteiger partial charge in [-0.05, 0) is 91.1 Å². The Hall–Kier alpha value is -2.55. The van der Waals surface area contributed by atoms with E-state index >= 15 is 0 Å². The Morgan fingerprint density at radius 1 is 0.561 bits per heavy atom. The summed E-state index contributed by atoms with van der Waals surface area (Å²) in [6.45, 7) is 4.12. The molecule has 328 valence electrons. The second-order valence-corrected chi connectivity index (χ2v) is 16.3. The molecule has 0 aromatic heterocycles. The smallest absolute Gasteiger partial charge is 0.462 e. The zero-order chi connectivity index (χ0) is 41.9. The van der Waals surface area contributed by atoms with Crippen molar-refractivity contribution in [2.24, 2.45) is 0 Å². The summed E-state index contributed by atoms with van der Waals surface area (Å²) in [5, 5.41) is 0. The first-order valence-corrected chi connectivity index (χ1v) is 23.7. The Morgan fingerprint density at radius 2 is 1.02 bits per heavy atom. The first-order valence-electron chi connectivity index (χ1n) is 22.2. The van der Waals surface area contributed by atoms with E-state index in [-0.39, 0.29) is 26.1 Å². The van der Waals surface area contributed by atoms with Crippen LogP contribution in [0.4, 0.5) is 0 Å². The molecule has 2 atom stereocenters. The van der Waals surface area contributed by atoms with Crippen molar-refractivity contribution in [3.63, 3.8) is 0 Å². The van der Waals surface area contributed by atoms with E-state index < -0.39 is 32.5 Å². The highest BCUT2D eigenvalue weighted by Gasteiger charge is 2.26. The van der Waals surface area contributed by atoms with Crippen LogP contribution in [0.5, 0.6) is 0 Å². The SMILES string of the molecule is CC/C=C\C/C=C\C/C=C\C/C=C\C/C=C\CCCC(=O)OC(COC(=O)CCCCCCCCC/C=C\CCCCCCCC)COP(=O)(O)OCCN(C)C. The molecule has 2 unspecified atom stereocenters. The number of esters is 2. The van der Waals surface area contributed by atoms with Gasteiger partial charge in [-0.15, -0.1) is 0 Å². The van der Waals surface area contributed by atoms with Gasteiger partial charge in [0.15, 0.2) is 6.10 Å². The molecule has 0 bridgehead atoms. The van der Waals surface area contributed by atoms with Crippen molar-refractivity contribution in [3.05, 3.63) is 72.9 Å². The molecule has 0 radical (unpaired) electrons. The standard InChI is InChI=1S/C47H82NO8P/c1-5-7-9-11-13-15-17-19-21-23-25-27-29-31-33-35-37-39-46(49)53-43-45(44-55-57(51,52)54-42-41-48(3)4)56-47(50)40-38-36-34-32-30-28-26-24-22-20-18-16-14-12-10-8-6-2/h8,10,14,16,19-22,26,28,32,34,45H,5-7,9,11-13,15,17-18,23-25,27,29-31,33,35-44H2,1-4H3,(H,51,52)/b10-8-,16-14-,21-19-,22-20-,28-26-,34-32-. The molecule has 0 aromatic carbocycles. The maximum atomic E-state index is 12.6. The predicted octanol–water partition coefficient (Wildman–Crippen LogP) is 12.9. The predicted molar refractivity (Wildman–Crippen MR) is 238 cm³/mol. The first kappa shape index (κ1) is 54.5. The van der Waals surface area contributed by atoms with Crippen molar-refractivity contribution < 1.29 is 37.6 Å². The number of hydrogen-bond donors (Lipinski definition) is 1. The van der Waals surface area contributed by atoms with Crippen molar-refractivity contribution in [1.82, 2.24) is 4.90 Å². The van der Waals surface area contributed by atoms with Crippen LogP contribution in [-0.2, 0) is 32.7 Å². The molecule has 0 saturated carbocycles. The fraction of sp³-hybridized carbons (Fsp3) is 0.702. The number of carbonyl (C=O) groups excluding carboxylic acids is 2. The van der Waals surface area contributed by atoms with E-state index in [0.29, 0.717) is 19.4 Å². The highest BCUT2D eigenvalue weighted by atomic mass is 31.2. The Labute approximate surface area is 348 Å². The molecule has 0 amide bonds. The van der Waals surface area contributed by atoms with Crippen molar-refractivity contribution in [1.29, 1.82) is 0 Å². The van der Waals surface area contributed by atoms with Crippen LogP contribution >= 0.6 is 7.82 Å². The zero-order valence-corrected chi connectivity index (χ0v) is 37.4. The number of likely N-dealkylation sites (N-methyl/N-ethyl adjacent to an activating group) is 1. The molecule has 1 N–H and O–H groups in total. The van der Waals surface area contributed by atoms with Crippen LogP contribution in [0.3, 0.4) is 0 Å². The zero-order valence-electron chi connectivity index (χ0n) is 36.5. The summed E-state index contributed by atoms with van der Waals surface area (Å²) >= 11 is 0. The van der Waals surface area contributed by atoms with Crippen LogP contribution in [0.25, 0.3) is 0 Å². The van der Waals surface area contributed by atoms with Crippen LogP contribution < -0.4 is 0 Å². The number of phosphoric ester groups is 1. The van der Waals surface area contributed by atoms with E-state index in [2.05, 4.69) is 80.7 Å². The van der Waals surface area contributed by atoms with Gasteiger partial charge in [0.05, 0.1) is 13.2 Å². The molecule has 0 aliphatic heterocycles. The van der Waals surface area contributed by atoms with E-state index in [4.69, 9.17) is 18.5 Å². The highest BCUT2D eigenvalue weighted by molar-refractivity contribution is 7.47. The number of ether oxygens (including phenoxy) is 2. The van der Waals surface area contributed by atoms with Gasteiger partial charge in [0.1, 0.15) is 6.61 Å². The Balaban J connectivity index is 4.39. The average molecular weight is 820 g/mol. The summed E-state index contributed by atoms with van der Waals surface area (Å²) in [5.41, 5.74) is 0. The van der Waals surface area contributed by atoms with Gasteiger partial charge < -0.3 is 19.3 Å². The lowest BCUT2D eigenvalue weighted by Gasteiger charge is -2.20. The number of phosphoric acid groups is 1. The molecule has 0 saturated heterocycles. The number of rotatable bonds is 40. The topological polar surface area (TPSA) is 112 Å². The molecule has 0 rings (SSSR count). The molecule has 0 aliphatic carbocycles. The highest BCUT2D eigenvalue weighted by Crippen LogP contribution is 2.43. The van der Waals surface area contributed by atoms with E-state index in [0.717, 1.165) is 64.2 Å². The summed E-state index contributed by atoms with van der Waals surface area (Å²) in [5.74, 6) is -0.880. The van der Waals surface area contributed by atoms with Gasteiger partial charge in [0, 0.05) is 19.4 Å². The van der Waals surface area contributed by atoms with Gasteiger partial charge in [-0.25, -0.2) is 4.57 Å². The Kier molecular flexibility index (Phi) is 39.7. The molecule has 57 heavy (non-hydrogen) atoms. The second kappa shape index (κ2) is 41.6. The number of unbranched alkanes of at least 4 members (excludes halogenated alkanes) is 14. The summed E-state index contributed by atoms with van der Waals surface area (Å²) in [6, 6.07) is 0. The lowest BCUT2D eigenvalue weighted by molar-refractivity contribution is -0.161. The van der Waals surface area contributed by atoms with Crippen molar-refractivity contribution >= 4 is 19.8 Å². The maximum absolute atomic E-state index is 12.6. The number of allylic oxidation sites excluding steroid dienone is 12. The fourth-order valence-corrected chi connectivity index (χ4v) is 6.34. The first-order chi connectivity index (χ1) is 27.7. The number of hydrogen-bond acceptors (Lipinski definition) is 8. The van der Waals surface area contributed by atoms with Crippen molar-refractivity contribution in [2.45, 2.75) is 174 Å². The fourth-order valence-electron chi connectivity index (χ4n) is 5.60. The monoisotopic (exact) mass is 820 g/mol. The van der Waals surface area contributed by atoms with Gasteiger partial charge in [-0.1, -0.05) is 151 Å². The largest absolute Gasteiger partial charge is 0.472 e. The minimum atomic E-state index is -4.38. The summed E-state index contributed by atoms with van der Waals surface area (Å²) in [6.07, 6.45) is 49.5. The van der Waals surface area contributed by atoms with Gasteiger partial charge in [0.25, 0.3) is 0 Å². The molecule has 0 heterocycles. The summed E-state index contributed by atoms with van der Waals surface area (Å²) in [7, 11) is -0.750. The molecule has 0 fully saturated rings. The summed E-state index contributed by atoms with van der Waals surface area (Å²) < 4.78 is 33.4. The lowest BCUT2D eigenvalue weighted by Crippen LogP contribution is -2.29. The maximum Gasteiger partial charge on any atom is 0.472 e. The third-order valence-corrected chi connectivity index (χ3v) is 9.98. The van der Waals surface area contributed by atoms with E-state index in [1.54, 1.807) is 4.90 Å². The molecule has 9 nitrogen and oxygen atoms in total. The van der Waals surface area contributed by atoms with E-state index in [1.807, 2.05) is 20.2 Å².